The van der Waals surface area contributed by atoms with Crippen molar-refractivity contribution in [3.8, 4) is 0 Å². The van der Waals surface area contributed by atoms with E-state index in [1.165, 1.54) is 0 Å². The molecule has 1 atom stereocenters. The monoisotopic (exact) mass is 207 g/mol. The van der Waals surface area contributed by atoms with E-state index in [4.69, 9.17) is 10.5 Å². The number of hydrogen-bond donors (Lipinski definition) is 2. The Labute approximate surface area is 85.0 Å². The fourth-order valence-corrected chi connectivity index (χ4v) is 0.751. The van der Waals surface area contributed by atoms with Crippen molar-refractivity contribution >= 4 is 18.6 Å². The van der Waals surface area contributed by atoms with Gasteiger partial charge in [0.2, 0.25) is 0 Å². The molecule has 78 valence electrons. The van der Waals surface area contributed by atoms with Gasteiger partial charge in [0, 0.05) is 5.75 Å². The van der Waals surface area contributed by atoms with Crippen LogP contribution in [0.3, 0.4) is 0 Å². The molecule has 13 heavy (non-hydrogen) atoms. The van der Waals surface area contributed by atoms with Gasteiger partial charge >= 0.3 is 5.97 Å². The van der Waals surface area contributed by atoms with Crippen molar-refractivity contribution in [1.29, 1.82) is 0 Å². The van der Waals surface area contributed by atoms with Crippen LogP contribution >= 0.6 is 12.6 Å². The number of likely N-dealkylation sites (N-methyl/N-ethyl adjacent to an activating group) is 1. The number of quaternary nitrogens is 1. The van der Waals surface area contributed by atoms with Crippen LogP contribution in [0.4, 0.5) is 0 Å². The van der Waals surface area contributed by atoms with Crippen LogP contribution in [-0.4, -0.2) is 56.5 Å². The number of nitrogens with zero attached hydrogens (tertiary/aromatic N) is 1. The third-order valence-electron chi connectivity index (χ3n) is 1.51. The molecule has 0 rings (SSSR count). The highest BCUT2D eigenvalue weighted by molar-refractivity contribution is 7.80. The quantitative estimate of drug-likeness (QED) is 0.363. The predicted octanol–water partition coefficient (Wildman–Crippen LogP) is -0.507. The first-order valence-corrected chi connectivity index (χ1v) is 4.83. The van der Waals surface area contributed by atoms with Crippen LogP contribution in [0, 0.1) is 0 Å². The summed E-state index contributed by atoms with van der Waals surface area (Å²) in [4.78, 5) is 11.1. The van der Waals surface area contributed by atoms with Crippen LogP contribution in [0.2, 0.25) is 0 Å². The first-order valence-electron chi connectivity index (χ1n) is 4.20. The van der Waals surface area contributed by atoms with E-state index in [9.17, 15) is 4.79 Å². The van der Waals surface area contributed by atoms with Crippen LogP contribution in [0.15, 0.2) is 0 Å². The van der Waals surface area contributed by atoms with Crippen molar-refractivity contribution in [3.05, 3.63) is 0 Å². The number of ether oxygens (including phenoxy) is 1. The third-order valence-corrected chi connectivity index (χ3v) is 1.90. The molecule has 0 aromatic carbocycles. The van der Waals surface area contributed by atoms with Crippen molar-refractivity contribution in [2.75, 3.05) is 40.0 Å². The molecule has 0 aromatic heterocycles. The summed E-state index contributed by atoms with van der Waals surface area (Å²) in [6, 6.07) is -0.601. The van der Waals surface area contributed by atoms with Crippen molar-refractivity contribution in [3.63, 3.8) is 0 Å². The molecular formula is C8H19N2O2S+. The predicted molar refractivity (Wildman–Crippen MR) is 55.7 cm³/mol. The summed E-state index contributed by atoms with van der Waals surface area (Å²) < 4.78 is 5.71. The highest BCUT2D eigenvalue weighted by atomic mass is 32.1. The molecule has 2 N–H and O–H groups in total. The maximum absolute atomic E-state index is 11.1. The van der Waals surface area contributed by atoms with Crippen molar-refractivity contribution in [2.45, 2.75) is 6.04 Å². The van der Waals surface area contributed by atoms with E-state index in [0.717, 1.165) is 11.0 Å². The SMILES string of the molecule is C[N+](C)(C)CCOC(=O)[C@@H](N)CS. The minimum atomic E-state index is -0.601. The summed E-state index contributed by atoms with van der Waals surface area (Å²) in [5.74, 6) is -0.0492. The molecule has 0 aliphatic rings. The molecule has 0 saturated carbocycles. The fraction of sp³-hybridized carbons (Fsp3) is 0.875. The zero-order chi connectivity index (χ0) is 10.5. The van der Waals surface area contributed by atoms with Gasteiger partial charge in [0.05, 0.1) is 21.1 Å². The Bertz CT molecular complexity index is 168. The largest absolute Gasteiger partial charge is 0.459 e. The van der Waals surface area contributed by atoms with Crippen LogP contribution in [0.1, 0.15) is 0 Å². The second-order valence-electron chi connectivity index (χ2n) is 3.97. The minimum absolute atomic E-state index is 0.323. The minimum Gasteiger partial charge on any atom is -0.459 e. The molecule has 0 spiro atoms. The number of rotatable bonds is 5. The molecule has 0 unspecified atom stereocenters. The summed E-state index contributed by atoms with van der Waals surface area (Å²) in [5, 5.41) is 0. The van der Waals surface area contributed by atoms with Crippen molar-refractivity contribution in [2.24, 2.45) is 5.73 Å². The normalized spacial score (nSPS) is 13.9. The summed E-state index contributed by atoms with van der Waals surface area (Å²) in [7, 11) is 6.10. The van der Waals surface area contributed by atoms with Crippen molar-refractivity contribution < 1.29 is 14.0 Å². The zero-order valence-corrected chi connectivity index (χ0v) is 9.38. The molecule has 0 aliphatic heterocycles. The topological polar surface area (TPSA) is 52.3 Å². The second kappa shape index (κ2) is 5.47. The number of esters is 1. The summed E-state index contributed by atoms with van der Waals surface area (Å²) in [6.45, 7) is 1.19. The Morgan fingerprint density at radius 3 is 2.46 bits per heavy atom. The van der Waals surface area contributed by atoms with E-state index in [0.29, 0.717) is 12.4 Å². The number of nitrogens with two attached hydrogens (primary N) is 1. The van der Waals surface area contributed by atoms with Gasteiger partial charge in [0.25, 0.3) is 0 Å². The van der Waals surface area contributed by atoms with E-state index in [2.05, 4.69) is 12.6 Å². The van der Waals surface area contributed by atoms with E-state index >= 15 is 0 Å². The molecule has 0 heterocycles. The second-order valence-corrected chi connectivity index (χ2v) is 4.34. The fourth-order valence-electron chi connectivity index (χ4n) is 0.602. The van der Waals surface area contributed by atoms with E-state index in [1.54, 1.807) is 0 Å². The standard InChI is InChI=1S/C8H18N2O2S/c1-10(2,3)4-5-12-8(11)7(9)6-13/h7H,4-6,9H2,1-3H3/p+1/t7-/m0/s1. The van der Waals surface area contributed by atoms with Crippen molar-refractivity contribution in [1.82, 2.24) is 0 Å². The Balaban J connectivity index is 3.60. The number of carbonyl (C=O) groups excluding carboxylic acids is 1. The lowest BCUT2D eigenvalue weighted by Crippen LogP contribution is -2.40. The maximum atomic E-state index is 11.1. The van der Waals surface area contributed by atoms with E-state index in [1.807, 2.05) is 21.1 Å². The first-order chi connectivity index (χ1) is 5.87. The molecule has 0 aliphatic carbocycles. The Hall–Kier alpha value is -0.260. The third kappa shape index (κ3) is 6.86. The molecule has 0 bridgehead atoms. The number of thiol groups is 1. The van der Waals surface area contributed by atoms with Gasteiger partial charge in [0.1, 0.15) is 19.2 Å². The van der Waals surface area contributed by atoms with Gasteiger partial charge in [0.15, 0.2) is 0 Å². The average molecular weight is 207 g/mol. The van der Waals surface area contributed by atoms with Gasteiger partial charge in [-0.3, -0.25) is 4.79 Å². The zero-order valence-electron chi connectivity index (χ0n) is 8.49. The molecule has 4 nitrogen and oxygen atoms in total. The lowest BCUT2D eigenvalue weighted by Gasteiger charge is -2.23. The first kappa shape index (κ1) is 12.7. The summed E-state index contributed by atoms with van der Waals surface area (Å²) >= 11 is 3.90. The van der Waals surface area contributed by atoms with E-state index < -0.39 is 6.04 Å². The summed E-state index contributed by atoms with van der Waals surface area (Å²) in [6.07, 6.45) is 0. The van der Waals surface area contributed by atoms with Crippen LogP contribution < -0.4 is 5.73 Å². The Kier molecular flexibility index (Phi) is 5.36. The van der Waals surface area contributed by atoms with Crippen LogP contribution in [-0.2, 0) is 9.53 Å². The van der Waals surface area contributed by atoms with Gasteiger partial charge in [-0.25, -0.2) is 0 Å². The molecular weight excluding hydrogens is 188 g/mol. The van der Waals surface area contributed by atoms with Gasteiger partial charge < -0.3 is 15.0 Å². The molecule has 5 heteroatoms. The maximum Gasteiger partial charge on any atom is 0.323 e. The molecule has 0 fully saturated rings. The summed E-state index contributed by atoms with van der Waals surface area (Å²) in [5.41, 5.74) is 5.41. The number of hydrogen-bond acceptors (Lipinski definition) is 4. The highest BCUT2D eigenvalue weighted by Crippen LogP contribution is 1.92. The molecule has 0 saturated heterocycles. The van der Waals surface area contributed by atoms with E-state index in [-0.39, 0.29) is 5.97 Å². The van der Waals surface area contributed by atoms with Crippen LogP contribution in [0.5, 0.6) is 0 Å². The molecule has 0 radical (unpaired) electrons. The molecule has 0 amide bonds. The lowest BCUT2D eigenvalue weighted by atomic mass is 10.4. The number of carbonyl (C=O) groups is 1. The van der Waals surface area contributed by atoms with Gasteiger partial charge in [-0.15, -0.1) is 0 Å². The van der Waals surface area contributed by atoms with Gasteiger partial charge in [-0.05, 0) is 0 Å². The lowest BCUT2D eigenvalue weighted by molar-refractivity contribution is -0.870. The van der Waals surface area contributed by atoms with Gasteiger partial charge in [-0.2, -0.15) is 12.6 Å². The van der Waals surface area contributed by atoms with Crippen LogP contribution in [0.25, 0.3) is 0 Å². The Morgan fingerprint density at radius 2 is 2.08 bits per heavy atom. The van der Waals surface area contributed by atoms with Gasteiger partial charge in [-0.1, -0.05) is 0 Å². The highest BCUT2D eigenvalue weighted by Gasteiger charge is 2.14. The average Bonchev–Trinajstić information content (AvgIpc) is 2.00. The smallest absolute Gasteiger partial charge is 0.323 e. The molecule has 0 aromatic rings. The Morgan fingerprint density at radius 1 is 1.54 bits per heavy atom.